The molecule has 0 aliphatic carbocycles. The smallest absolute Gasteiger partial charge is 0.224 e. The third kappa shape index (κ3) is 4.16. The number of anilines is 4. The predicted molar refractivity (Wildman–Crippen MR) is 128 cm³/mol. The lowest BCUT2D eigenvalue weighted by Gasteiger charge is -2.16. The van der Waals surface area contributed by atoms with Crippen LogP contribution in [0.4, 0.5) is 28.6 Å². The first-order chi connectivity index (χ1) is 15.5. The minimum absolute atomic E-state index is 0.562. The summed E-state index contributed by atoms with van der Waals surface area (Å²) < 4.78 is 5.51. The summed E-state index contributed by atoms with van der Waals surface area (Å²) >= 11 is 0. The Hall–Kier alpha value is -4.18. The summed E-state index contributed by atoms with van der Waals surface area (Å²) in [4.78, 5) is 17.2. The van der Waals surface area contributed by atoms with E-state index in [2.05, 4.69) is 30.4 Å². The van der Waals surface area contributed by atoms with Crippen LogP contribution in [0.2, 0.25) is 0 Å². The number of benzene rings is 2. The second kappa shape index (κ2) is 8.90. The molecule has 2 aromatic heterocycles. The standard InChI is InChI=1S/C25H24N6O/c1-6-22-30-21-10-8-18(14-19(21)25(31-22)32-5)28-23-15(2)11-12-27-24(23)29-17-7-9-20(26-4)16(3)13-17/h7-14,28H,6H2,1-3,5H3,(H,27,29). The summed E-state index contributed by atoms with van der Waals surface area (Å²) in [6.07, 6.45) is 2.51. The molecule has 160 valence electrons. The summed E-state index contributed by atoms with van der Waals surface area (Å²) in [5, 5.41) is 7.70. The van der Waals surface area contributed by atoms with Crippen molar-refractivity contribution in [3.8, 4) is 5.88 Å². The predicted octanol–water partition coefficient (Wildman–Crippen LogP) is 6.25. The van der Waals surface area contributed by atoms with E-state index in [0.29, 0.717) is 17.4 Å². The van der Waals surface area contributed by atoms with Gasteiger partial charge in [-0.05, 0) is 61.4 Å². The van der Waals surface area contributed by atoms with E-state index in [1.807, 2.05) is 63.2 Å². The lowest BCUT2D eigenvalue weighted by molar-refractivity contribution is 0.401. The van der Waals surface area contributed by atoms with Crippen LogP contribution < -0.4 is 15.4 Å². The van der Waals surface area contributed by atoms with Gasteiger partial charge in [-0.15, -0.1) is 0 Å². The fourth-order valence-electron chi connectivity index (χ4n) is 3.49. The Bertz CT molecular complexity index is 1340. The highest BCUT2D eigenvalue weighted by Crippen LogP contribution is 2.33. The Labute approximate surface area is 187 Å². The molecule has 0 amide bonds. The zero-order chi connectivity index (χ0) is 22.7. The molecule has 0 saturated carbocycles. The van der Waals surface area contributed by atoms with Crippen molar-refractivity contribution >= 4 is 39.5 Å². The second-order valence-electron chi connectivity index (χ2n) is 7.45. The maximum absolute atomic E-state index is 7.24. The Balaban J connectivity index is 1.70. The molecule has 32 heavy (non-hydrogen) atoms. The van der Waals surface area contributed by atoms with Crippen molar-refractivity contribution in [1.82, 2.24) is 15.0 Å². The van der Waals surface area contributed by atoms with Crippen LogP contribution in [0.15, 0.2) is 48.7 Å². The Morgan fingerprint density at radius 3 is 2.47 bits per heavy atom. The highest BCUT2D eigenvalue weighted by atomic mass is 16.5. The van der Waals surface area contributed by atoms with Gasteiger partial charge in [-0.25, -0.2) is 14.8 Å². The van der Waals surface area contributed by atoms with Gasteiger partial charge in [0.2, 0.25) is 5.88 Å². The number of aryl methyl sites for hydroxylation is 3. The second-order valence-corrected chi connectivity index (χ2v) is 7.45. The van der Waals surface area contributed by atoms with E-state index in [-0.39, 0.29) is 0 Å². The molecule has 2 heterocycles. The van der Waals surface area contributed by atoms with Crippen molar-refractivity contribution in [2.75, 3.05) is 17.7 Å². The molecular weight excluding hydrogens is 400 g/mol. The van der Waals surface area contributed by atoms with Gasteiger partial charge in [0.15, 0.2) is 11.5 Å². The van der Waals surface area contributed by atoms with Crippen LogP contribution in [-0.2, 0) is 6.42 Å². The summed E-state index contributed by atoms with van der Waals surface area (Å²) in [5.41, 5.74) is 6.06. The number of rotatable bonds is 6. The molecular formula is C25H24N6O. The van der Waals surface area contributed by atoms with Gasteiger partial charge in [-0.2, -0.15) is 4.98 Å². The summed E-state index contributed by atoms with van der Waals surface area (Å²) in [5.74, 6) is 2.01. The zero-order valence-corrected chi connectivity index (χ0v) is 18.5. The summed E-state index contributed by atoms with van der Waals surface area (Å²) in [6.45, 7) is 13.2. The maximum Gasteiger partial charge on any atom is 0.224 e. The first-order valence-electron chi connectivity index (χ1n) is 10.3. The third-order valence-corrected chi connectivity index (χ3v) is 5.23. The van der Waals surface area contributed by atoms with Crippen LogP contribution in [0.1, 0.15) is 23.9 Å². The van der Waals surface area contributed by atoms with Crippen molar-refractivity contribution in [2.24, 2.45) is 0 Å². The number of aromatic nitrogens is 3. The molecule has 7 heteroatoms. The SMILES string of the molecule is [C-]#[N+]c1ccc(Nc2nccc(C)c2Nc2ccc3nc(CC)nc(OC)c3c2)cc1C. The van der Waals surface area contributed by atoms with Gasteiger partial charge >= 0.3 is 0 Å². The van der Waals surface area contributed by atoms with Gasteiger partial charge in [-0.1, -0.05) is 13.0 Å². The van der Waals surface area contributed by atoms with Gasteiger partial charge < -0.3 is 15.4 Å². The number of fused-ring (bicyclic) bond motifs is 1. The van der Waals surface area contributed by atoms with Crippen LogP contribution in [0.5, 0.6) is 5.88 Å². The van der Waals surface area contributed by atoms with Gasteiger partial charge in [0.25, 0.3) is 0 Å². The van der Waals surface area contributed by atoms with Crippen molar-refractivity contribution in [1.29, 1.82) is 0 Å². The van der Waals surface area contributed by atoms with Gasteiger partial charge in [-0.3, -0.25) is 0 Å². The molecule has 4 rings (SSSR count). The van der Waals surface area contributed by atoms with E-state index < -0.39 is 0 Å². The normalized spacial score (nSPS) is 10.6. The van der Waals surface area contributed by atoms with Gasteiger partial charge in [0, 0.05) is 24.0 Å². The number of nitrogens with one attached hydrogen (secondary N) is 2. The molecule has 0 spiro atoms. The molecule has 0 radical (unpaired) electrons. The van der Waals surface area contributed by atoms with E-state index in [4.69, 9.17) is 11.3 Å². The average Bonchev–Trinajstić information content (AvgIpc) is 2.80. The van der Waals surface area contributed by atoms with Crippen LogP contribution in [0, 0.1) is 20.4 Å². The topological polar surface area (TPSA) is 76.3 Å². The first-order valence-corrected chi connectivity index (χ1v) is 10.3. The minimum Gasteiger partial charge on any atom is -0.480 e. The largest absolute Gasteiger partial charge is 0.480 e. The molecule has 0 fully saturated rings. The van der Waals surface area contributed by atoms with Crippen molar-refractivity contribution in [3.63, 3.8) is 0 Å². The van der Waals surface area contributed by atoms with Crippen LogP contribution in [0.3, 0.4) is 0 Å². The Kier molecular flexibility index (Phi) is 5.86. The summed E-state index contributed by atoms with van der Waals surface area (Å²) in [7, 11) is 1.62. The molecule has 4 aromatic rings. The number of nitrogens with zero attached hydrogens (tertiary/aromatic N) is 4. The van der Waals surface area contributed by atoms with E-state index in [9.17, 15) is 0 Å². The monoisotopic (exact) mass is 424 g/mol. The molecule has 0 saturated heterocycles. The number of methoxy groups -OCH3 is 1. The third-order valence-electron chi connectivity index (χ3n) is 5.23. The summed E-state index contributed by atoms with van der Waals surface area (Å²) in [6, 6.07) is 13.5. The highest BCUT2D eigenvalue weighted by molar-refractivity contribution is 5.89. The number of ether oxygens (including phenoxy) is 1. The number of hydrogen-bond donors (Lipinski definition) is 2. The fourth-order valence-corrected chi connectivity index (χ4v) is 3.49. The molecule has 7 nitrogen and oxygen atoms in total. The van der Waals surface area contributed by atoms with Crippen LogP contribution >= 0.6 is 0 Å². The van der Waals surface area contributed by atoms with E-state index in [1.54, 1.807) is 13.3 Å². The van der Waals surface area contributed by atoms with Crippen molar-refractivity contribution in [2.45, 2.75) is 27.2 Å². The number of hydrogen-bond acceptors (Lipinski definition) is 6. The highest BCUT2D eigenvalue weighted by Gasteiger charge is 2.12. The fraction of sp³-hybridized carbons (Fsp3) is 0.200. The molecule has 0 atom stereocenters. The van der Waals surface area contributed by atoms with Gasteiger partial charge in [0.1, 0.15) is 5.82 Å². The van der Waals surface area contributed by atoms with Crippen LogP contribution in [0.25, 0.3) is 15.7 Å². The number of pyridine rings is 1. The zero-order valence-electron chi connectivity index (χ0n) is 18.5. The molecule has 2 aromatic carbocycles. The Morgan fingerprint density at radius 2 is 1.75 bits per heavy atom. The van der Waals surface area contributed by atoms with E-state index in [1.165, 1.54) is 0 Å². The molecule has 2 N–H and O–H groups in total. The van der Waals surface area contributed by atoms with Gasteiger partial charge in [0.05, 0.1) is 30.3 Å². The van der Waals surface area contributed by atoms with Crippen LogP contribution in [-0.4, -0.2) is 22.1 Å². The average molecular weight is 425 g/mol. The molecule has 0 bridgehead atoms. The minimum atomic E-state index is 0.562. The van der Waals surface area contributed by atoms with Crippen molar-refractivity contribution < 1.29 is 4.74 Å². The van der Waals surface area contributed by atoms with E-state index >= 15 is 0 Å². The molecule has 0 aliphatic heterocycles. The first kappa shape index (κ1) is 21.1. The quantitative estimate of drug-likeness (QED) is 0.356. The molecule has 0 aliphatic rings. The van der Waals surface area contributed by atoms with E-state index in [0.717, 1.165) is 51.3 Å². The lowest BCUT2D eigenvalue weighted by atomic mass is 10.1. The maximum atomic E-state index is 7.24. The lowest BCUT2D eigenvalue weighted by Crippen LogP contribution is -2.03. The molecule has 0 unspecified atom stereocenters. The van der Waals surface area contributed by atoms with Crippen molar-refractivity contribution in [3.05, 3.63) is 77.0 Å². The Morgan fingerprint density at radius 1 is 0.969 bits per heavy atom.